The van der Waals surface area contributed by atoms with Crippen LogP contribution in [0.3, 0.4) is 0 Å². The number of nitrogens with two attached hydrogens (primary N) is 1. The fourth-order valence-corrected chi connectivity index (χ4v) is 0.548. The number of hydrogen-bond acceptors (Lipinski definition) is 2. The highest BCUT2D eigenvalue weighted by atomic mass is 16.7. The smallest absolute Gasteiger partial charge is 0.330 e. The van der Waals surface area contributed by atoms with Gasteiger partial charge in [0.2, 0.25) is 12.4 Å². The zero-order valence-corrected chi connectivity index (χ0v) is 5.23. The minimum absolute atomic E-state index is 0.823. The number of rotatable bonds is 1. The third kappa shape index (κ3) is 1.74. The van der Waals surface area contributed by atoms with Gasteiger partial charge in [0.1, 0.15) is 0 Å². The highest BCUT2D eigenvalue weighted by molar-refractivity contribution is 5.63. The molecule has 0 aliphatic heterocycles. The van der Waals surface area contributed by atoms with Gasteiger partial charge >= 0.3 is 6.09 Å². The van der Waals surface area contributed by atoms with Crippen molar-refractivity contribution in [3.63, 3.8) is 0 Å². The number of hydrogen-bond donors (Lipinski definition) is 1. The van der Waals surface area contributed by atoms with Crippen LogP contribution in [0.4, 0.5) is 4.79 Å². The molecule has 4 nitrogen and oxygen atoms in total. The Labute approximate surface area is 57.8 Å². The van der Waals surface area contributed by atoms with Gasteiger partial charge in [-0.2, -0.15) is 4.84 Å². The Morgan fingerprint density at radius 3 is 2.40 bits per heavy atom. The van der Waals surface area contributed by atoms with Crippen LogP contribution in [0, 0.1) is 0 Å². The first kappa shape index (κ1) is 6.54. The number of pyridine rings is 1. The van der Waals surface area contributed by atoms with Gasteiger partial charge < -0.3 is 5.73 Å². The van der Waals surface area contributed by atoms with Gasteiger partial charge in [0.05, 0.1) is 0 Å². The third-order valence-corrected chi connectivity index (χ3v) is 0.884. The summed E-state index contributed by atoms with van der Waals surface area (Å²) in [7, 11) is 0. The van der Waals surface area contributed by atoms with Crippen molar-refractivity contribution in [2.75, 3.05) is 0 Å². The van der Waals surface area contributed by atoms with Crippen LogP contribution in [-0.4, -0.2) is 6.09 Å². The second kappa shape index (κ2) is 2.82. The summed E-state index contributed by atoms with van der Waals surface area (Å²) >= 11 is 0. The SMILES string of the molecule is NC(=O)O[n+]1ccccc1. The topological polar surface area (TPSA) is 56.2 Å². The van der Waals surface area contributed by atoms with Crippen LogP contribution in [0.2, 0.25) is 0 Å². The Hall–Kier alpha value is -1.58. The molecule has 0 unspecified atom stereocenters. The maximum Gasteiger partial charge on any atom is 0.473 e. The summed E-state index contributed by atoms with van der Waals surface area (Å²) in [6.07, 6.45) is 2.33. The van der Waals surface area contributed by atoms with E-state index in [1.165, 1.54) is 4.73 Å². The van der Waals surface area contributed by atoms with E-state index in [9.17, 15) is 4.79 Å². The van der Waals surface area contributed by atoms with E-state index in [1.54, 1.807) is 30.6 Å². The molecule has 0 fully saturated rings. The number of nitrogens with zero attached hydrogens (tertiary/aromatic N) is 1. The van der Waals surface area contributed by atoms with Crippen LogP contribution < -0.4 is 15.3 Å². The normalized spacial score (nSPS) is 8.80. The molecule has 0 radical (unpaired) electrons. The van der Waals surface area contributed by atoms with Crippen LogP contribution in [0.15, 0.2) is 30.6 Å². The molecule has 4 heteroatoms. The van der Waals surface area contributed by atoms with Gasteiger partial charge in [-0.15, -0.1) is 0 Å². The molecule has 0 aliphatic carbocycles. The lowest BCUT2D eigenvalue weighted by Crippen LogP contribution is -2.47. The zero-order chi connectivity index (χ0) is 7.40. The minimum atomic E-state index is -0.823. The van der Waals surface area contributed by atoms with E-state index < -0.39 is 6.09 Å². The van der Waals surface area contributed by atoms with E-state index in [1.807, 2.05) is 0 Å². The number of primary amides is 1. The molecule has 2 N–H and O–H groups in total. The summed E-state index contributed by atoms with van der Waals surface area (Å²) in [5, 5.41) is 0. The van der Waals surface area contributed by atoms with Crippen molar-refractivity contribution in [1.82, 2.24) is 0 Å². The van der Waals surface area contributed by atoms with Crippen LogP contribution in [-0.2, 0) is 0 Å². The van der Waals surface area contributed by atoms with Crippen molar-refractivity contribution in [3.8, 4) is 0 Å². The molecule has 1 heterocycles. The van der Waals surface area contributed by atoms with Crippen LogP contribution in [0.1, 0.15) is 0 Å². The zero-order valence-electron chi connectivity index (χ0n) is 5.23. The molecule has 1 rings (SSSR count). The Morgan fingerprint density at radius 1 is 1.30 bits per heavy atom. The summed E-state index contributed by atoms with van der Waals surface area (Å²) in [6.45, 7) is 0. The first-order valence-corrected chi connectivity index (χ1v) is 2.73. The number of aromatic nitrogens is 1. The van der Waals surface area contributed by atoms with Crippen molar-refractivity contribution in [3.05, 3.63) is 30.6 Å². The van der Waals surface area contributed by atoms with Gasteiger partial charge in [-0.25, -0.2) is 4.79 Å². The van der Waals surface area contributed by atoms with Gasteiger partial charge in [-0.1, -0.05) is 6.07 Å². The molecule has 0 saturated carbocycles. The summed E-state index contributed by atoms with van der Waals surface area (Å²) in [5.74, 6) is 0. The lowest BCUT2D eigenvalue weighted by atomic mass is 10.5. The summed E-state index contributed by atoms with van der Waals surface area (Å²) in [4.78, 5) is 14.6. The van der Waals surface area contributed by atoms with Crippen LogP contribution in [0.5, 0.6) is 0 Å². The second-order valence-corrected chi connectivity index (χ2v) is 1.65. The van der Waals surface area contributed by atoms with E-state index in [4.69, 9.17) is 5.73 Å². The van der Waals surface area contributed by atoms with E-state index in [0.29, 0.717) is 0 Å². The Bertz CT molecular complexity index is 222. The predicted octanol–water partition coefficient (Wildman–Crippen LogP) is -0.519. The maximum atomic E-state index is 10.1. The Kier molecular flexibility index (Phi) is 1.84. The van der Waals surface area contributed by atoms with Crippen molar-refractivity contribution < 1.29 is 14.4 Å². The monoisotopic (exact) mass is 139 g/mol. The standard InChI is InChI=1S/C6H6N2O2/c7-6(9)10-8-4-2-1-3-5-8/h1-5H,(H-,7,9)/p+1. The largest absolute Gasteiger partial charge is 0.473 e. The summed E-state index contributed by atoms with van der Waals surface area (Å²) in [6, 6.07) is 5.26. The van der Waals surface area contributed by atoms with E-state index in [0.717, 1.165) is 0 Å². The van der Waals surface area contributed by atoms with Crippen molar-refractivity contribution >= 4 is 6.09 Å². The molecule has 1 aromatic rings. The number of amides is 1. The molecular formula is C6H7N2O2+. The molecule has 1 amide bonds. The molecule has 0 aliphatic rings. The molecule has 0 spiro atoms. The number of carbonyl (C=O) groups is 1. The first-order chi connectivity index (χ1) is 4.79. The molecule has 0 saturated heterocycles. The molecule has 0 aromatic carbocycles. The van der Waals surface area contributed by atoms with Gasteiger partial charge in [-0.05, 0) is 0 Å². The lowest BCUT2D eigenvalue weighted by molar-refractivity contribution is -0.868. The van der Waals surface area contributed by atoms with Gasteiger partial charge in [-0.3, -0.25) is 0 Å². The van der Waals surface area contributed by atoms with Crippen molar-refractivity contribution in [2.45, 2.75) is 0 Å². The second-order valence-electron chi connectivity index (χ2n) is 1.65. The average Bonchev–Trinajstić information content (AvgIpc) is 1.88. The molecular weight excluding hydrogens is 132 g/mol. The van der Waals surface area contributed by atoms with Crippen LogP contribution in [0.25, 0.3) is 0 Å². The quantitative estimate of drug-likeness (QED) is 0.532. The molecule has 1 aromatic heterocycles. The Morgan fingerprint density at radius 2 is 1.90 bits per heavy atom. The summed E-state index contributed by atoms with van der Waals surface area (Å²) in [5.41, 5.74) is 4.74. The molecule has 52 valence electrons. The van der Waals surface area contributed by atoms with Gasteiger partial charge in [0.25, 0.3) is 0 Å². The third-order valence-electron chi connectivity index (χ3n) is 0.884. The first-order valence-electron chi connectivity index (χ1n) is 2.73. The maximum absolute atomic E-state index is 10.1. The highest BCUT2D eigenvalue weighted by Gasteiger charge is 2.01. The lowest BCUT2D eigenvalue weighted by Gasteiger charge is -1.87. The molecule has 0 bridgehead atoms. The fourth-order valence-electron chi connectivity index (χ4n) is 0.548. The van der Waals surface area contributed by atoms with E-state index in [2.05, 4.69) is 4.84 Å². The Balaban J connectivity index is 2.67. The molecule has 10 heavy (non-hydrogen) atoms. The predicted molar refractivity (Wildman–Crippen MR) is 32.8 cm³/mol. The average molecular weight is 139 g/mol. The minimum Gasteiger partial charge on any atom is -0.330 e. The number of carbonyl (C=O) groups excluding carboxylic acids is 1. The highest BCUT2D eigenvalue weighted by Crippen LogP contribution is 1.73. The fraction of sp³-hybridized carbons (Fsp3) is 0. The van der Waals surface area contributed by atoms with Crippen molar-refractivity contribution in [2.24, 2.45) is 5.73 Å². The molecule has 0 atom stereocenters. The van der Waals surface area contributed by atoms with Gasteiger partial charge in [0.15, 0.2) is 0 Å². The van der Waals surface area contributed by atoms with Gasteiger partial charge in [0, 0.05) is 16.9 Å². The van der Waals surface area contributed by atoms with Crippen LogP contribution >= 0.6 is 0 Å². The van der Waals surface area contributed by atoms with E-state index >= 15 is 0 Å². The van der Waals surface area contributed by atoms with E-state index in [-0.39, 0.29) is 0 Å². The summed E-state index contributed by atoms with van der Waals surface area (Å²) < 4.78 is 1.22. The van der Waals surface area contributed by atoms with Crippen molar-refractivity contribution in [1.29, 1.82) is 0 Å².